The summed E-state index contributed by atoms with van der Waals surface area (Å²) in [5, 5.41) is 1.21. The van der Waals surface area contributed by atoms with Crippen LogP contribution in [-0.2, 0) is 13.5 Å². The van der Waals surface area contributed by atoms with E-state index in [1.807, 2.05) is 6.07 Å². The number of hydrogen-bond donors (Lipinski definition) is 1. The van der Waals surface area contributed by atoms with Crippen molar-refractivity contribution in [3.63, 3.8) is 0 Å². The summed E-state index contributed by atoms with van der Waals surface area (Å²) >= 11 is 0. The van der Waals surface area contributed by atoms with E-state index in [0.717, 1.165) is 18.6 Å². The molecule has 1 aromatic carbocycles. The Bertz CT molecular complexity index is 522. The normalized spacial score (nSPS) is 12.2. The van der Waals surface area contributed by atoms with E-state index in [1.54, 1.807) is 7.11 Å². The molecule has 2 aromatic rings. The van der Waals surface area contributed by atoms with E-state index in [-0.39, 0.29) is 18.4 Å². The fraction of sp³-hybridized carbons (Fsp3) is 0.429. The molecule has 0 saturated carbocycles. The van der Waals surface area contributed by atoms with Crippen molar-refractivity contribution < 1.29 is 4.74 Å². The number of methoxy groups -OCH3 is 1. The van der Waals surface area contributed by atoms with Gasteiger partial charge in [0.1, 0.15) is 5.75 Å². The standard InChI is InChI=1S/C14H20N2O.ClH/c1-4-11(15)9-12-7-10-8-13(17-3)5-6-14(10)16(12)2;/h5-8,11H,4,9,15H2,1-3H3;1H. The Morgan fingerprint density at radius 3 is 2.67 bits per heavy atom. The van der Waals surface area contributed by atoms with Gasteiger partial charge in [0.15, 0.2) is 0 Å². The Balaban J connectivity index is 0.00000162. The van der Waals surface area contributed by atoms with Crippen LogP contribution in [0.3, 0.4) is 0 Å². The van der Waals surface area contributed by atoms with Crippen molar-refractivity contribution >= 4 is 23.3 Å². The molecule has 0 bridgehead atoms. The van der Waals surface area contributed by atoms with Crippen LogP contribution < -0.4 is 10.5 Å². The van der Waals surface area contributed by atoms with Crippen molar-refractivity contribution in [3.8, 4) is 5.75 Å². The van der Waals surface area contributed by atoms with E-state index in [4.69, 9.17) is 10.5 Å². The molecule has 0 fully saturated rings. The van der Waals surface area contributed by atoms with Crippen LogP contribution >= 0.6 is 12.4 Å². The van der Waals surface area contributed by atoms with Crippen molar-refractivity contribution in [2.24, 2.45) is 12.8 Å². The Kier molecular flexibility index (Phi) is 5.05. The van der Waals surface area contributed by atoms with Gasteiger partial charge in [0, 0.05) is 36.1 Å². The first-order valence-electron chi connectivity index (χ1n) is 6.03. The summed E-state index contributed by atoms with van der Waals surface area (Å²) in [6.45, 7) is 2.12. The Labute approximate surface area is 114 Å². The molecule has 1 aromatic heterocycles. The number of benzene rings is 1. The molecule has 1 heterocycles. The maximum atomic E-state index is 6.01. The number of fused-ring (bicyclic) bond motifs is 1. The minimum atomic E-state index is 0. The molecule has 0 saturated heterocycles. The van der Waals surface area contributed by atoms with Gasteiger partial charge in [-0.2, -0.15) is 0 Å². The smallest absolute Gasteiger partial charge is 0.119 e. The summed E-state index contributed by atoms with van der Waals surface area (Å²) in [6, 6.07) is 8.59. The molecule has 0 aliphatic carbocycles. The molecule has 0 aliphatic rings. The van der Waals surface area contributed by atoms with Crippen LogP contribution in [0.2, 0.25) is 0 Å². The molecule has 100 valence electrons. The number of rotatable bonds is 4. The first kappa shape index (κ1) is 14.9. The monoisotopic (exact) mass is 268 g/mol. The van der Waals surface area contributed by atoms with Crippen molar-refractivity contribution in [2.75, 3.05) is 7.11 Å². The molecule has 0 spiro atoms. The molecule has 4 heteroatoms. The van der Waals surface area contributed by atoms with Crippen LogP contribution in [0.1, 0.15) is 19.0 Å². The third-order valence-electron chi connectivity index (χ3n) is 3.34. The zero-order valence-corrected chi connectivity index (χ0v) is 12.0. The predicted octanol–water partition coefficient (Wildman–Crippen LogP) is 2.89. The van der Waals surface area contributed by atoms with Crippen LogP contribution in [0.25, 0.3) is 10.9 Å². The number of ether oxygens (including phenoxy) is 1. The first-order chi connectivity index (χ1) is 8.15. The molecule has 18 heavy (non-hydrogen) atoms. The van der Waals surface area contributed by atoms with Crippen LogP contribution in [0, 0.1) is 0 Å². The van der Waals surface area contributed by atoms with Gasteiger partial charge in [-0.15, -0.1) is 12.4 Å². The van der Waals surface area contributed by atoms with Crippen LogP contribution in [-0.4, -0.2) is 17.7 Å². The van der Waals surface area contributed by atoms with E-state index in [2.05, 4.69) is 36.7 Å². The molecule has 1 atom stereocenters. The van der Waals surface area contributed by atoms with Crippen molar-refractivity contribution in [1.29, 1.82) is 0 Å². The topological polar surface area (TPSA) is 40.2 Å². The van der Waals surface area contributed by atoms with Gasteiger partial charge >= 0.3 is 0 Å². The summed E-state index contributed by atoms with van der Waals surface area (Å²) in [6.07, 6.45) is 1.93. The maximum Gasteiger partial charge on any atom is 0.119 e. The molecular weight excluding hydrogens is 248 g/mol. The highest BCUT2D eigenvalue weighted by atomic mass is 35.5. The molecule has 0 amide bonds. The Hall–Kier alpha value is -1.19. The highest BCUT2D eigenvalue weighted by molar-refractivity contribution is 5.85. The van der Waals surface area contributed by atoms with E-state index >= 15 is 0 Å². The lowest BCUT2D eigenvalue weighted by molar-refractivity contribution is 0.415. The van der Waals surface area contributed by atoms with Crippen LogP contribution in [0.15, 0.2) is 24.3 Å². The van der Waals surface area contributed by atoms with Gasteiger partial charge in [0.25, 0.3) is 0 Å². The molecule has 3 nitrogen and oxygen atoms in total. The van der Waals surface area contributed by atoms with Gasteiger partial charge in [0.05, 0.1) is 7.11 Å². The largest absolute Gasteiger partial charge is 0.497 e. The van der Waals surface area contributed by atoms with E-state index in [1.165, 1.54) is 16.6 Å². The van der Waals surface area contributed by atoms with Crippen LogP contribution in [0.4, 0.5) is 0 Å². The van der Waals surface area contributed by atoms with Crippen molar-refractivity contribution in [3.05, 3.63) is 30.0 Å². The predicted molar refractivity (Wildman–Crippen MR) is 78.7 cm³/mol. The zero-order chi connectivity index (χ0) is 12.4. The average molecular weight is 269 g/mol. The fourth-order valence-electron chi connectivity index (χ4n) is 2.12. The molecule has 0 radical (unpaired) electrons. The van der Waals surface area contributed by atoms with Crippen LogP contribution in [0.5, 0.6) is 5.75 Å². The van der Waals surface area contributed by atoms with Crippen molar-refractivity contribution in [1.82, 2.24) is 4.57 Å². The number of aromatic nitrogens is 1. The molecule has 2 rings (SSSR count). The zero-order valence-electron chi connectivity index (χ0n) is 11.1. The summed E-state index contributed by atoms with van der Waals surface area (Å²) in [4.78, 5) is 0. The molecule has 2 N–H and O–H groups in total. The summed E-state index contributed by atoms with van der Waals surface area (Å²) in [7, 11) is 3.78. The Morgan fingerprint density at radius 2 is 2.06 bits per heavy atom. The lowest BCUT2D eigenvalue weighted by atomic mass is 10.1. The van der Waals surface area contributed by atoms with E-state index in [9.17, 15) is 0 Å². The van der Waals surface area contributed by atoms with Gasteiger partial charge in [-0.3, -0.25) is 0 Å². The number of aryl methyl sites for hydroxylation is 1. The number of nitrogens with two attached hydrogens (primary N) is 1. The highest BCUT2D eigenvalue weighted by Gasteiger charge is 2.09. The van der Waals surface area contributed by atoms with Gasteiger partial charge in [0.2, 0.25) is 0 Å². The second kappa shape index (κ2) is 6.12. The number of nitrogens with zero attached hydrogens (tertiary/aromatic N) is 1. The number of halogens is 1. The summed E-state index contributed by atoms with van der Waals surface area (Å²) in [5.41, 5.74) is 8.52. The average Bonchev–Trinajstić information content (AvgIpc) is 2.65. The summed E-state index contributed by atoms with van der Waals surface area (Å²) in [5.74, 6) is 0.898. The Morgan fingerprint density at radius 1 is 1.33 bits per heavy atom. The minimum absolute atomic E-state index is 0. The maximum absolute atomic E-state index is 6.01. The molecular formula is C14H21ClN2O. The lowest BCUT2D eigenvalue weighted by Crippen LogP contribution is -2.22. The van der Waals surface area contributed by atoms with Gasteiger partial charge < -0.3 is 15.0 Å². The SMILES string of the molecule is CCC(N)Cc1cc2cc(OC)ccc2n1C.Cl. The number of hydrogen-bond acceptors (Lipinski definition) is 2. The van der Waals surface area contributed by atoms with Gasteiger partial charge in [-0.25, -0.2) is 0 Å². The highest BCUT2D eigenvalue weighted by Crippen LogP contribution is 2.24. The minimum Gasteiger partial charge on any atom is -0.497 e. The fourth-order valence-corrected chi connectivity index (χ4v) is 2.12. The third-order valence-corrected chi connectivity index (χ3v) is 3.34. The summed E-state index contributed by atoms with van der Waals surface area (Å²) < 4.78 is 7.45. The lowest BCUT2D eigenvalue weighted by Gasteiger charge is -2.09. The van der Waals surface area contributed by atoms with Crippen molar-refractivity contribution in [2.45, 2.75) is 25.8 Å². The second-order valence-electron chi connectivity index (χ2n) is 4.49. The molecule has 1 unspecified atom stereocenters. The first-order valence-corrected chi connectivity index (χ1v) is 6.03. The second-order valence-corrected chi connectivity index (χ2v) is 4.49. The quantitative estimate of drug-likeness (QED) is 0.926. The van der Waals surface area contributed by atoms with Gasteiger partial charge in [-0.05, 0) is 30.7 Å². The van der Waals surface area contributed by atoms with E-state index in [0.29, 0.717) is 0 Å². The third kappa shape index (κ3) is 2.79. The van der Waals surface area contributed by atoms with E-state index < -0.39 is 0 Å². The van der Waals surface area contributed by atoms with Gasteiger partial charge in [-0.1, -0.05) is 6.92 Å². The molecule has 0 aliphatic heterocycles.